The van der Waals surface area contributed by atoms with Crippen LogP contribution in [-0.4, -0.2) is 26.0 Å². The number of aryl methyl sites for hydroxylation is 3. The van der Waals surface area contributed by atoms with Crippen LogP contribution >= 0.6 is 0 Å². The summed E-state index contributed by atoms with van der Waals surface area (Å²) in [6.45, 7) is 14.2. The van der Waals surface area contributed by atoms with Crippen LogP contribution < -0.4 is 14.8 Å². The second kappa shape index (κ2) is 11.2. The van der Waals surface area contributed by atoms with Gasteiger partial charge in [-0.05, 0) is 92.3 Å². The fraction of sp³-hybridized carbons (Fsp3) is 0.387. The zero-order valence-electron chi connectivity index (χ0n) is 22.5. The van der Waals surface area contributed by atoms with Gasteiger partial charge >= 0.3 is 0 Å². The second-order valence-corrected chi connectivity index (χ2v) is 9.93. The first kappa shape index (κ1) is 27.3. The number of ketones is 1. The Labute approximate surface area is 214 Å². The van der Waals surface area contributed by atoms with Gasteiger partial charge in [0.15, 0.2) is 5.78 Å². The molecule has 0 aliphatic heterocycles. The molecule has 0 spiro atoms. The molecule has 36 heavy (non-hydrogen) atoms. The largest absolute Gasteiger partial charge is 0.497 e. The van der Waals surface area contributed by atoms with Crippen molar-refractivity contribution < 1.29 is 18.7 Å². The van der Waals surface area contributed by atoms with Crippen LogP contribution in [0.2, 0.25) is 0 Å². The lowest BCUT2D eigenvalue weighted by atomic mass is 9.68. The molecule has 0 amide bonds. The van der Waals surface area contributed by atoms with Crippen LogP contribution in [0.25, 0.3) is 5.57 Å². The molecular formula is C31H38FNO3. The lowest BCUT2D eigenvalue weighted by molar-refractivity contribution is -0.116. The van der Waals surface area contributed by atoms with Crippen molar-refractivity contribution in [3.8, 4) is 11.5 Å². The zero-order chi connectivity index (χ0) is 26.6. The molecule has 1 N–H and O–H groups in total. The van der Waals surface area contributed by atoms with Crippen LogP contribution in [0.4, 0.5) is 10.1 Å². The Morgan fingerprint density at radius 3 is 2.47 bits per heavy atom. The maximum atomic E-state index is 14.2. The summed E-state index contributed by atoms with van der Waals surface area (Å²) in [4.78, 5) is 14.2. The Balaban J connectivity index is 2.09. The topological polar surface area (TPSA) is 47.6 Å². The highest BCUT2D eigenvalue weighted by Crippen LogP contribution is 2.43. The van der Waals surface area contributed by atoms with Crippen LogP contribution in [0.1, 0.15) is 55.9 Å². The highest BCUT2D eigenvalue weighted by atomic mass is 19.1. The number of hydrogen-bond donors (Lipinski definition) is 1. The van der Waals surface area contributed by atoms with Gasteiger partial charge in [0, 0.05) is 22.7 Å². The lowest BCUT2D eigenvalue weighted by Gasteiger charge is -2.40. The van der Waals surface area contributed by atoms with Crippen molar-refractivity contribution in [3.63, 3.8) is 0 Å². The van der Waals surface area contributed by atoms with Gasteiger partial charge in [-0.1, -0.05) is 32.4 Å². The first-order valence-corrected chi connectivity index (χ1v) is 12.4. The molecule has 1 aliphatic carbocycles. The first-order valence-electron chi connectivity index (χ1n) is 12.4. The predicted molar refractivity (Wildman–Crippen MR) is 147 cm³/mol. The quantitative estimate of drug-likeness (QED) is 0.349. The molecule has 2 aromatic rings. The molecule has 0 bridgehead atoms. The molecule has 5 heteroatoms. The average molecular weight is 492 g/mol. The van der Waals surface area contributed by atoms with Crippen molar-refractivity contribution in [1.82, 2.24) is 0 Å². The van der Waals surface area contributed by atoms with Crippen LogP contribution in [0.3, 0.4) is 0 Å². The predicted octanol–water partition coefficient (Wildman–Crippen LogP) is 7.55. The summed E-state index contributed by atoms with van der Waals surface area (Å²) in [5.74, 6) is 1.11. The summed E-state index contributed by atoms with van der Waals surface area (Å²) in [6, 6.07) is 9.10. The minimum atomic E-state index is -0.673. The molecule has 0 saturated heterocycles. The minimum Gasteiger partial charge on any atom is -0.497 e. The number of halogens is 1. The van der Waals surface area contributed by atoms with Gasteiger partial charge in [-0.15, -0.1) is 0 Å². The number of methoxy groups -OCH3 is 2. The molecule has 2 aromatic carbocycles. The van der Waals surface area contributed by atoms with Crippen LogP contribution in [-0.2, 0) is 11.2 Å². The molecule has 192 valence electrons. The van der Waals surface area contributed by atoms with Gasteiger partial charge in [0.25, 0.3) is 0 Å². The monoisotopic (exact) mass is 491 g/mol. The van der Waals surface area contributed by atoms with Crippen LogP contribution in [0, 0.1) is 19.3 Å². The standard InChI is InChI=1S/C31H38FNO3/c1-9-10-23-17-27(20(3)15-28(23)36-8)22(5)29(34)30(31(6)12-11-24(32)16-21(31)4)33-25-13-19(2)14-26(18-25)35-7/h11,13-18,30,33H,5,9-10,12H2,1-4,6-8H3. The summed E-state index contributed by atoms with van der Waals surface area (Å²) in [7, 11) is 3.28. The van der Waals surface area contributed by atoms with Gasteiger partial charge in [-0.2, -0.15) is 0 Å². The van der Waals surface area contributed by atoms with Crippen molar-refractivity contribution in [2.45, 2.75) is 59.9 Å². The van der Waals surface area contributed by atoms with E-state index in [1.54, 1.807) is 20.3 Å². The van der Waals surface area contributed by atoms with Crippen molar-refractivity contribution in [2.24, 2.45) is 5.41 Å². The third kappa shape index (κ3) is 5.56. The van der Waals surface area contributed by atoms with Crippen molar-refractivity contribution >= 4 is 17.0 Å². The van der Waals surface area contributed by atoms with E-state index in [9.17, 15) is 9.18 Å². The summed E-state index contributed by atoms with van der Waals surface area (Å²) in [6.07, 6.45) is 5.25. The Hall–Kier alpha value is -3.34. The number of ether oxygens (including phenoxy) is 2. The molecule has 0 radical (unpaired) electrons. The minimum absolute atomic E-state index is 0.128. The molecule has 2 atom stereocenters. The van der Waals surface area contributed by atoms with E-state index in [4.69, 9.17) is 9.47 Å². The van der Waals surface area contributed by atoms with E-state index in [2.05, 4.69) is 18.8 Å². The van der Waals surface area contributed by atoms with Gasteiger partial charge < -0.3 is 14.8 Å². The first-order chi connectivity index (χ1) is 17.0. The smallest absolute Gasteiger partial charge is 0.185 e. The van der Waals surface area contributed by atoms with E-state index in [1.165, 1.54) is 6.08 Å². The highest BCUT2D eigenvalue weighted by Gasteiger charge is 2.42. The number of anilines is 1. The molecule has 0 heterocycles. The second-order valence-electron chi connectivity index (χ2n) is 9.93. The van der Waals surface area contributed by atoms with Gasteiger partial charge in [-0.3, -0.25) is 4.79 Å². The zero-order valence-corrected chi connectivity index (χ0v) is 22.5. The molecule has 0 saturated carbocycles. The number of allylic oxidation sites excluding steroid dienone is 3. The van der Waals surface area contributed by atoms with E-state index in [0.717, 1.165) is 52.1 Å². The van der Waals surface area contributed by atoms with E-state index in [0.29, 0.717) is 17.7 Å². The molecule has 0 fully saturated rings. The third-order valence-electron chi connectivity index (χ3n) is 7.24. The maximum absolute atomic E-state index is 14.2. The summed E-state index contributed by atoms with van der Waals surface area (Å²) in [5, 5.41) is 3.47. The Morgan fingerprint density at radius 2 is 1.86 bits per heavy atom. The molecule has 4 nitrogen and oxygen atoms in total. The van der Waals surface area contributed by atoms with Gasteiger partial charge in [0.05, 0.1) is 20.3 Å². The number of carbonyl (C=O) groups excluding carboxylic acids is 1. The molecule has 2 unspecified atom stereocenters. The van der Waals surface area contributed by atoms with Crippen LogP contribution in [0.5, 0.6) is 11.5 Å². The number of hydrogen-bond acceptors (Lipinski definition) is 4. The van der Waals surface area contributed by atoms with E-state index < -0.39 is 11.5 Å². The maximum Gasteiger partial charge on any atom is 0.185 e. The number of rotatable bonds is 10. The van der Waals surface area contributed by atoms with E-state index in [-0.39, 0.29) is 11.6 Å². The number of Topliss-reactive ketones (excluding diaryl/α,β-unsaturated/α-hetero) is 1. The van der Waals surface area contributed by atoms with E-state index in [1.807, 2.05) is 58.0 Å². The van der Waals surface area contributed by atoms with E-state index >= 15 is 0 Å². The van der Waals surface area contributed by atoms with Gasteiger partial charge in [-0.25, -0.2) is 4.39 Å². The number of carbonyl (C=O) groups is 1. The SMILES string of the molecule is C=C(C(=O)C(Nc1cc(C)cc(OC)c1)C1(C)CC=C(F)C=C1C)c1cc(CCC)c(OC)cc1C. The lowest BCUT2D eigenvalue weighted by Crippen LogP contribution is -2.46. The number of benzene rings is 2. The van der Waals surface area contributed by atoms with Crippen LogP contribution in [0.15, 0.2) is 60.5 Å². The van der Waals surface area contributed by atoms with Crippen molar-refractivity contribution in [1.29, 1.82) is 0 Å². The fourth-order valence-electron chi connectivity index (χ4n) is 4.89. The summed E-state index contributed by atoms with van der Waals surface area (Å²) >= 11 is 0. The normalized spacial score (nSPS) is 18.1. The van der Waals surface area contributed by atoms with Crippen molar-refractivity contribution in [3.05, 3.63) is 82.7 Å². The van der Waals surface area contributed by atoms with Gasteiger partial charge in [0.2, 0.25) is 0 Å². The molecular weight excluding hydrogens is 453 g/mol. The highest BCUT2D eigenvalue weighted by molar-refractivity contribution is 6.24. The number of nitrogens with one attached hydrogen (secondary N) is 1. The Bertz CT molecular complexity index is 1230. The fourth-order valence-corrected chi connectivity index (χ4v) is 4.89. The van der Waals surface area contributed by atoms with Gasteiger partial charge in [0.1, 0.15) is 17.3 Å². The summed E-state index contributed by atoms with van der Waals surface area (Å²) < 4.78 is 25.1. The Morgan fingerprint density at radius 1 is 1.14 bits per heavy atom. The molecule has 0 aromatic heterocycles. The Kier molecular flexibility index (Phi) is 8.44. The molecule has 1 aliphatic rings. The summed E-state index contributed by atoms with van der Waals surface area (Å²) in [5.41, 5.74) is 5.12. The average Bonchev–Trinajstić information content (AvgIpc) is 2.84. The van der Waals surface area contributed by atoms with Crippen molar-refractivity contribution in [2.75, 3.05) is 19.5 Å². The third-order valence-corrected chi connectivity index (χ3v) is 7.24. The molecule has 3 rings (SSSR count).